The highest BCUT2D eigenvalue weighted by Crippen LogP contribution is 2.39. The molecule has 5 aromatic rings. The van der Waals surface area contributed by atoms with E-state index in [1.807, 2.05) is 167 Å². The lowest BCUT2D eigenvalue weighted by Crippen LogP contribution is -2.61. The lowest BCUT2D eigenvalue weighted by molar-refractivity contribution is -0.359. The largest absolute Gasteiger partial charge is 0.394 e. The number of carbonyl (C=O) groups is 2. The Kier molecular flexibility index (Phi) is 21.1. The molecule has 3 aliphatic heterocycles. The fourth-order valence-corrected chi connectivity index (χ4v) is 9.34. The van der Waals surface area contributed by atoms with Gasteiger partial charge in [0.25, 0.3) is 0 Å². The Hall–Kier alpha value is -5.36. The molecule has 5 unspecified atom stereocenters. The van der Waals surface area contributed by atoms with Crippen LogP contribution in [0, 0.1) is 11.8 Å². The summed E-state index contributed by atoms with van der Waals surface area (Å²) in [5.41, 5.74) is 5.27. The van der Waals surface area contributed by atoms with E-state index >= 15 is 0 Å². The van der Waals surface area contributed by atoms with Crippen molar-refractivity contribution in [2.75, 3.05) is 13.2 Å². The number of hydrogen-bond acceptors (Lipinski definition) is 12. The third-order valence-corrected chi connectivity index (χ3v) is 13.4. The zero-order valence-electron chi connectivity index (χ0n) is 42.8. The summed E-state index contributed by atoms with van der Waals surface area (Å²) in [6.07, 6.45) is -5.76. The van der Waals surface area contributed by atoms with Crippen molar-refractivity contribution in [1.29, 1.82) is 0 Å². The average Bonchev–Trinajstić information content (AvgIpc) is 3.41. The van der Waals surface area contributed by atoms with E-state index in [1.54, 1.807) is 13.8 Å². The van der Waals surface area contributed by atoms with Gasteiger partial charge in [-0.15, -0.1) is 0 Å². The number of benzene rings is 5. The summed E-state index contributed by atoms with van der Waals surface area (Å²) in [6.45, 7) is 11.9. The second kappa shape index (κ2) is 27.8. The molecule has 2 amide bonds. The minimum atomic E-state index is -1.08. The predicted molar refractivity (Wildman–Crippen MR) is 275 cm³/mol. The fourth-order valence-electron chi connectivity index (χ4n) is 9.34. The number of fused-ring (bicyclic) bond motifs is 1. The third-order valence-electron chi connectivity index (χ3n) is 13.4. The summed E-state index contributed by atoms with van der Waals surface area (Å²) < 4.78 is 49.3. The number of rotatable bonds is 20. The van der Waals surface area contributed by atoms with Crippen LogP contribution in [0.4, 0.5) is 0 Å². The maximum Gasteiger partial charge on any atom is 0.249 e. The Balaban J connectivity index is 0.000000218. The van der Waals surface area contributed by atoms with Crippen molar-refractivity contribution >= 4 is 11.8 Å². The lowest BCUT2D eigenvalue weighted by atomic mass is 9.91. The highest BCUT2D eigenvalue weighted by atomic mass is 16.8. The number of amides is 2. The Labute approximate surface area is 430 Å². The molecular weight excluding hydrogens is 929 g/mol. The monoisotopic (exact) mass is 1000 g/mol. The Morgan fingerprint density at radius 2 is 0.986 bits per heavy atom. The van der Waals surface area contributed by atoms with E-state index < -0.39 is 67.7 Å². The van der Waals surface area contributed by atoms with Crippen LogP contribution >= 0.6 is 0 Å². The molecule has 0 spiro atoms. The van der Waals surface area contributed by atoms with E-state index in [9.17, 15) is 19.8 Å². The molecule has 392 valence electrons. The molecule has 0 saturated carbocycles. The van der Waals surface area contributed by atoms with Crippen LogP contribution in [0.3, 0.4) is 0 Å². The summed E-state index contributed by atoms with van der Waals surface area (Å²) in [6, 6.07) is 49.4. The highest BCUT2D eigenvalue weighted by Gasteiger charge is 2.50. The molecule has 5 aromatic carbocycles. The van der Waals surface area contributed by atoms with E-state index in [-0.39, 0.29) is 42.3 Å². The van der Waals surface area contributed by atoms with Crippen LogP contribution in [0.2, 0.25) is 0 Å². The number of aliphatic hydroxyl groups excluding tert-OH is 2. The second-order valence-corrected chi connectivity index (χ2v) is 19.4. The SMILES string of the molecule is CC1[C@@H](OCc2ccccc2)OC(CO)[C@@H](O)[C@@H]1O[C@@H](C)C(=O)N[C@@H](C)Cc1ccccc1.CC1[C@@H](OCc2ccccc2)OC2COC(c3ccccc3)O[C@H]2[C@@H]1O[C@@H](C)C(=O)N[C@@H](C)Cc1ccccc1. The van der Waals surface area contributed by atoms with E-state index in [0.29, 0.717) is 26.2 Å². The normalized spacial score (nSPS) is 27.4. The van der Waals surface area contributed by atoms with E-state index in [1.165, 1.54) is 5.56 Å². The van der Waals surface area contributed by atoms with Gasteiger partial charge in [0.15, 0.2) is 18.9 Å². The van der Waals surface area contributed by atoms with Crippen molar-refractivity contribution in [3.63, 3.8) is 0 Å². The van der Waals surface area contributed by atoms with Gasteiger partial charge in [0.05, 0.1) is 38.6 Å². The quantitative estimate of drug-likeness (QED) is 0.0602. The van der Waals surface area contributed by atoms with Crippen LogP contribution in [0.15, 0.2) is 152 Å². The van der Waals surface area contributed by atoms with Gasteiger partial charge in [0, 0.05) is 29.5 Å². The van der Waals surface area contributed by atoms with Gasteiger partial charge >= 0.3 is 0 Å². The standard InChI is InChI=1S/C33H39NO6.C26H35NO6/c1-22(19-25-13-7-4-8-14-25)34-31(35)24(3)38-29-23(2)32(36-20-26-15-9-5-10-16-26)39-28-21-37-33(40-30(28)29)27-17-11-6-12-18-27;1-17(14-20-10-6-4-7-11-20)27-25(30)19(3)32-24-18(2)26(33-22(15-28)23(24)29)31-16-21-12-8-5-9-13-21/h4-18,22-24,28-30,32-33H,19-21H2,1-3H3,(H,34,35);4-13,17-19,22-24,26,28-29H,14-16H2,1-3H3,(H,27,30)/t22-,23?,24-,28?,29+,30+,32-,33?;17-,18?,19-,22?,23+,24+,26-/m00/s1. The van der Waals surface area contributed by atoms with Gasteiger partial charge in [0.1, 0.15) is 36.6 Å². The molecule has 8 rings (SSSR count). The molecule has 15 atom stereocenters. The maximum atomic E-state index is 13.2. The minimum absolute atomic E-state index is 0.0374. The number of aliphatic hydroxyl groups is 2. The van der Waals surface area contributed by atoms with Crippen molar-refractivity contribution in [2.24, 2.45) is 11.8 Å². The van der Waals surface area contributed by atoms with Gasteiger partial charge < -0.3 is 58.7 Å². The van der Waals surface area contributed by atoms with Crippen molar-refractivity contribution in [2.45, 2.75) is 147 Å². The summed E-state index contributed by atoms with van der Waals surface area (Å²) in [4.78, 5) is 25.9. The third kappa shape index (κ3) is 16.1. The van der Waals surface area contributed by atoms with E-state index in [4.69, 9.17) is 37.9 Å². The molecule has 3 fully saturated rings. The smallest absolute Gasteiger partial charge is 0.249 e. The van der Waals surface area contributed by atoms with Gasteiger partial charge in [-0.3, -0.25) is 9.59 Å². The molecule has 4 N–H and O–H groups in total. The molecule has 0 aliphatic carbocycles. The van der Waals surface area contributed by atoms with Crippen LogP contribution < -0.4 is 10.6 Å². The van der Waals surface area contributed by atoms with E-state index in [2.05, 4.69) is 22.8 Å². The molecule has 73 heavy (non-hydrogen) atoms. The van der Waals surface area contributed by atoms with Crippen molar-refractivity contribution in [1.82, 2.24) is 10.6 Å². The fraction of sp³-hybridized carbons (Fsp3) is 0.458. The topological polar surface area (TPSA) is 172 Å². The molecule has 3 saturated heterocycles. The first-order valence-electron chi connectivity index (χ1n) is 25.6. The van der Waals surface area contributed by atoms with Crippen LogP contribution in [0.5, 0.6) is 0 Å². The van der Waals surface area contributed by atoms with Gasteiger partial charge in [-0.05, 0) is 62.8 Å². The zero-order chi connectivity index (χ0) is 51.7. The van der Waals surface area contributed by atoms with Gasteiger partial charge in [-0.2, -0.15) is 0 Å². The summed E-state index contributed by atoms with van der Waals surface area (Å²) in [7, 11) is 0. The molecule has 0 aromatic heterocycles. The maximum absolute atomic E-state index is 13.2. The Bertz CT molecular complexity index is 2370. The van der Waals surface area contributed by atoms with Gasteiger partial charge in [-0.1, -0.05) is 166 Å². The first-order valence-corrected chi connectivity index (χ1v) is 25.6. The summed E-state index contributed by atoms with van der Waals surface area (Å²) in [5, 5.41) is 26.5. The molecule has 0 radical (unpaired) electrons. The van der Waals surface area contributed by atoms with Gasteiger partial charge in [0.2, 0.25) is 11.8 Å². The highest BCUT2D eigenvalue weighted by molar-refractivity contribution is 5.81. The molecular formula is C59H74N2O12. The summed E-state index contributed by atoms with van der Waals surface area (Å²) >= 11 is 0. The first-order chi connectivity index (χ1) is 35.4. The first kappa shape index (κ1) is 55.4. The van der Waals surface area contributed by atoms with Crippen molar-refractivity contribution in [3.05, 3.63) is 179 Å². The average molecular weight is 1000 g/mol. The summed E-state index contributed by atoms with van der Waals surface area (Å²) in [5.74, 6) is -0.973. The second-order valence-electron chi connectivity index (χ2n) is 19.4. The zero-order valence-corrected chi connectivity index (χ0v) is 42.8. The molecule has 3 heterocycles. The Morgan fingerprint density at radius 3 is 1.45 bits per heavy atom. The van der Waals surface area contributed by atoms with E-state index in [0.717, 1.165) is 28.7 Å². The van der Waals surface area contributed by atoms with Crippen LogP contribution in [0.1, 0.15) is 75.6 Å². The van der Waals surface area contributed by atoms with Gasteiger partial charge in [-0.25, -0.2) is 0 Å². The number of carbonyl (C=O) groups excluding carboxylic acids is 2. The van der Waals surface area contributed by atoms with Crippen LogP contribution in [0.25, 0.3) is 0 Å². The van der Waals surface area contributed by atoms with Crippen LogP contribution in [-0.2, 0) is 73.5 Å². The molecule has 14 nitrogen and oxygen atoms in total. The number of ether oxygens (including phenoxy) is 8. The van der Waals surface area contributed by atoms with Crippen molar-refractivity contribution < 1.29 is 57.7 Å². The number of hydrogen-bond donors (Lipinski definition) is 4. The number of nitrogens with one attached hydrogen (secondary N) is 2. The predicted octanol–water partition coefficient (Wildman–Crippen LogP) is 7.64. The minimum Gasteiger partial charge on any atom is -0.394 e. The van der Waals surface area contributed by atoms with Crippen LogP contribution in [-0.4, -0.2) is 109 Å². The van der Waals surface area contributed by atoms with Crippen molar-refractivity contribution in [3.8, 4) is 0 Å². The molecule has 14 heteroatoms. The lowest BCUT2D eigenvalue weighted by Gasteiger charge is -2.49. The molecule has 3 aliphatic rings. The Morgan fingerprint density at radius 1 is 0.575 bits per heavy atom. The molecule has 0 bridgehead atoms.